The molecule has 0 fully saturated rings. The summed E-state index contributed by atoms with van der Waals surface area (Å²) in [6.45, 7) is 0.765. The maximum atomic E-state index is 12.8. The molecule has 5 rings (SSSR count). The summed E-state index contributed by atoms with van der Waals surface area (Å²) < 4.78 is 27.4. The van der Waals surface area contributed by atoms with Crippen LogP contribution in [0.3, 0.4) is 0 Å². The average Bonchev–Trinajstić information content (AvgIpc) is 2.87. The van der Waals surface area contributed by atoms with Crippen LogP contribution in [0.15, 0.2) is 73.3 Å². The molecule has 9 heteroatoms. The monoisotopic (exact) mass is 471 g/mol. The summed E-state index contributed by atoms with van der Waals surface area (Å²) in [6, 6.07) is 15.0. The van der Waals surface area contributed by atoms with Crippen LogP contribution < -0.4 is 10.1 Å². The van der Waals surface area contributed by atoms with Gasteiger partial charge in [0.25, 0.3) is 5.91 Å². The van der Waals surface area contributed by atoms with Crippen molar-refractivity contribution in [3.8, 4) is 28.0 Å². The van der Waals surface area contributed by atoms with Crippen molar-refractivity contribution in [2.45, 2.75) is 18.9 Å². The second-order valence-corrected chi connectivity index (χ2v) is 8.65. The topological polar surface area (TPSA) is 117 Å². The summed E-state index contributed by atoms with van der Waals surface area (Å²) in [6.07, 6.45) is 6.72. The predicted octanol–water partition coefficient (Wildman–Crippen LogP) is 3.41. The molecule has 0 radical (unpaired) electrons. The van der Waals surface area contributed by atoms with Gasteiger partial charge in [0.2, 0.25) is 0 Å². The lowest BCUT2D eigenvalue weighted by atomic mass is 9.97. The largest absolute Gasteiger partial charge is 0.772 e. The highest BCUT2D eigenvalue weighted by Crippen LogP contribution is 2.37. The number of benzene rings is 2. The van der Waals surface area contributed by atoms with Crippen LogP contribution in [-0.4, -0.2) is 29.6 Å². The van der Waals surface area contributed by atoms with Gasteiger partial charge in [0, 0.05) is 53.6 Å². The van der Waals surface area contributed by atoms with Crippen LogP contribution in [0.1, 0.15) is 27.3 Å². The van der Waals surface area contributed by atoms with E-state index in [1.165, 1.54) is 0 Å². The van der Waals surface area contributed by atoms with Crippen molar-refractivity contribution in [2.75, 3.05) is 0 Å². The van der Waals surface area contributed by atoms with Crippen molar-refractivity contribution in [1.29, 1.82) is 0 Å². The molecule has 0 saturated carbocycles. The van der Waals surface area contributed by atoms with Crippen LogP contribution >= 0.6 is 0 Å². The van der Waals surface area contributed by atoms with E-state index in [2.05, 4.69) is 20.3 Å². The molecule has 1 unspecified atom stereocenters. The van der Waals surface area contributed by atoms with Gasteiger partial charge in [-0.15, -0.1) is 0 Å². The first-order chi connectivity index (χ1) is 16.6. The molecule has 1 amide bonds. The van der Waals surface area contributed by atoms with Crippen molar-refractivity contribution in [3.05, 3.63) is 95.8 Å². The summed E-state index contributed by atoms with van der Waals surface area (Å²) in [4.78, 5) is 25.1. The lowest BCUT2D eigenvalue weighted by Crippen LogP contribution is -2.23. The minimum absolute atomic E-state index is 0.198. The first-order valence-corrected chi connectivity index (χ1v) is 11.8. The molecule has 170 valence electrons. The Bertz CT molecular complexity index is 1390. The van der Waals surface area contributed by atoms with Gasteiger partial charge in [-0.05, 0) is 58.1 Å². The van der Waals surface area contributed by atoms with E-state index < -0.39 is 11.1 Å². The Morgan fingerprint density at radius 3 is 2.71 bits per heavy atom. The number of ether oxygens (including phenoxy) is 1. The quantitative estimate of drug-likeness (QED) is 0.428. The Labute approximate surface area is 198 Å². The molecule has 1 N–H and O–H groups in total. The molecule has 0 aliphatic carbocycles. The van der Waals surface area contributed by atoms with E-state index in [9.17, 15) is 13.6 Å². The molecule has 1 atom stereocenters. The van der Waals surface area contributed by atoms with Crippen molar-refractivity contribution in [2.24, 2.45) is 0 Å². The number of carbonyl (C=O) groups is 1. The molecule has 4 aromatic rings. The second-order valence-electron chi connectivity index (χ2n) is 7.75. The Balaban J connectivity index is 1.27. The molecule has 2 aromatic carbocycles. The lowest BCUT2D eigenvalue weighted by molar-refractivity contribution is 0.0950. The van der Waals surface area contributed by atoms with E-state index >= 15 is 0 Å². The smallest absolute Gasteiger partial charge is 0.251 e. The standard InChI is InChI=1S/C25H20N4O4S/c30-25(18-4-5-22-21-6-7-26-11-20(21)14-33-23(22)9-18)29-10-16-2-1-3-17(8-16)19-12-27-24(28-13-19)15-34(31)32/h1-9,11-13H,10,14-15H2,(H,29,30)(H,31,32)/p-1. The Morgan fingerprint density at radius 1 is 1.03 bits per heavy atom. The molecule has 1 aliphatic rings. The SMILES string of the molecule is O=C(NCc1cccc(-c2cnc(CS(=O)[O-])nc2)c1)c1ccc2c(c1)OCc1cnccc1-2. The van der Waals surface area contributed by atoms with Crippen molar-refractivity contribution < 1.29 is 18.3 Å². The molecule has 1 aliphatic heterocycles. The number of amides is 1. The van der Waals surface area contributed by atoms with Gasteiger partial charge in [0.05, 0.1) is 5.75 Å². The summed E-state index contributed by atoms with van der Waals surface area (Å²) in [7, 11) is 0. The minimum Gasteiger partial charge on any atom is -0.772 e. The second kappa shape index (κ2) is 9.50. The number of rotatable bonds is 6. The molecule has 3 heterocycles. The highest BCUT2D eigenvalue weighted by molar-refractivity contribution is 7.78. The van der Waals surface area contributed by atoms with E-state index in [-0.39, 0.29) is 17.5 Å². The van der Waals surface area contributed by atoms with Gasteiger partial charge >= 0.3 is 0 Å². The lowest BCUT2D eigenvalue weighted by Gasteiger charge is -2.20. The van der Waals surface area contributed by atoms with E-state index in [1.807, 2.05) is 36.4 Å². The van der Waals surface area contributed by atoms with Gasteiger partial charge in [-0.1, -0.05) is 18.2 Å². The number of nitrogens with one attached hydrogen (secondary N) is 1. The maximum Gasteiger partial charge on any atom is 0.251 e. The molecule has 0 saturated heterocycles. The average molecular weight is 472 g/mol. The number of fused-ring (bicyclic) bond motifs is 3. The highest BCUT2D eigenvalue weighted by atomic mass is 32.2. The Morgan fingerprint density at radius 2 is 1.88 bits per heavy atom. The third-order valence-corrected chi connectivity index (χ3v) is 5.98. The zero-order chi connectivity index (χ0) is 23.5. The van der Waals surface area contributed by atoms with E-state index in [0.717, 1.165) is 33.4 Å². The highest BCUT2D eigenvalue weighted by Gasteiger charge is 2.19. The molecule has 2 aromatic heterocycles. The first-order valence-electron chi connectivity index (χ1n) is 10.5. The van der Waals surface area contributed by atoms with Gasteiger partial charge in [0.15, 0.2) is 0 Å². The number of aromatic nitrogens is 3. The van der Waals surface area contributed by atoms with Crippen molar-refractivity contribution >= 4 is 17.0 Å². The van der Waals surface area contributed by atoms with Gasteiger partial charge < -0.3 is 14.6 Å². The minimum atomic E-state index is -2.23. The normalized spacial score (nSPS) is 12.7. The van der Waals surface area contributed by atoms with E-state index in [0.29, 0.717) is 24.5 Å². The summed E-state index contributed by atoms with van der Waals surface area (Å²) in [5.41, 5.74) is 6.10. The van der Waals surface area contributed by atoms with Gasteiger partial charge in [-0.2, -0.15) is 0 Å². The number of hydrogen-bond acceptors (Lipinski definition) is 7. The third kappa shape index (κ3) is 4.70. The fourth-order valence-electron chi connectivity index (χ4n) is 3.79. The van der Waals surface area contributed by atoms with Crippen LogP contribution in [0.4, 0.5) is 0 Å². The van der Waals surface area contributed by atoms with Gasteiger partial charge in [-0.25, -0.2) is 9.97 Å². The Kier molecular flexibility index (Phi) is 6.11. The molecule has 0 bridgehead atoms. The molecule has 8 nitrogen and oxygen atoms in total. The third-order valence-electron chi connectivity index (χ3n) is 5.49. The van der Waals surface area contributed by atoms with Gasteiger partial charge in [0.1, 0.15) is 18.2 Å². The fraction of sp³-hybridized carbons (Fsp3) is 0.120. The fourth-order valence-corrected chi connectivity index (χ4v) is 4.15. The molecular formula is C25H19N4O4S-. The van der Waals surface area contributed by atoms with Crippen LogP contribution in [0.5, 0.6) is 5.75 Å². The first kappa shape index (κ1) is 21.9. The number of pyridine rings is 1. The molecular weight excluding hydrogens is 452 g/mol. The summed E-state index contributed by atoms with van der Waals surface area (Å²) in [5.74, 6) is 0.506. The van der Waals surface area contributed by atoms with Gasteiger partial charge in [-0.3, -0.25) is 14.0 Å². The van der Waals surface area contributed by atoms with E-state index in [4.69, 9.17) is 4.74 Å². The number of carbonyl (C=O) groups excluding carboxylic acids is 1. The molecule has 0 spiro atoms. The zero-order valence-corrected chi connectivity index (χ0v) is 18.7. The maximum absolute atomic E-state index is 12.8. The number of hydrogen-bond donors (Lipinski definition) is 1. The Hall–Kier alpha value is -3.95. The van der Waals surface area contributed by atoms with Crippen LogP contribution in [0.25, 0.3) is 22.3 Å². The van der Waals surface area contributed by atoms with Crippen molar-refractivity contribution in [1.82, 2.24) is 20.3 Å². The van der Waals surface area contributed by atoms with E-state index in [1.54, 1.807) is 36.9 Å². The van der Waals surface area contributed by atoms with Crippen molar-refractivity contribution in [3.63, 3.8) is 0 Å². The summed E-state index contributed by atoms with van der Waals surface area (Å²) in [5, 5.41) is 2.95. The molecule has 34 heavy (non-hydrogen) atoms. The number of nitrogens with zero attached hydrogens (tertiary/aromatic N) is 3. The van der Waals surface area contributed by atoms with Crippen LogP contribution in [0.2, 0.25) is 0 Å². The van der Waals surface area contributed by atoms with Crippen LogP contribution in [-0.2, 0) is 30.0 Å². The predicted molar refractivity (Wildman–Crippen MR) is 125 cm³/mol. The summed E-state index contributed by atoms with van der Waals surface area (Å²) >= 11 is -2.23. The zero-order valence-electron chi connectivity index (χ0n) is 17.9. The van der Waals surface area contributed by atoms with Crippen LogP contribution in [0, 0.1) is 0 Å².